The Bertz CT molecular complexity index is 1340. The number of thiazole rings is 1. The summed E-state index contributed by atoms with van der Waals surface area (Å²) in [6.07, 6.45) is 0. The van der Waals surface area contributed by atoms with Crippen molar-refractivity contribution in [1.29, 1.82) is 0 Å². The summed E-state index contributed by atoms with van der Waals surface area (Å²) in [5.74, 6) is 1.90. The minimum atomic E-state index is -0.103. The molecule has 1 fully saturated rings. The van der Waals surface area contributed by atoms with Gasteiger partial charge < -0.3 is 19.7 Å². The SMILES string of the molecule is COc1c(Cl)ccc2sc(N3CCN(CCNC(=O)c4cccc(Oc5ccccc5)c4)CC3)nc12. The quantitative estimate of drug-likeness (QED) is 0.338. The van der Waals surface area contributed by atoms with Crippen LogP contribution in [0, 0.1) is 0 Å². The van der Waals surface area contributed by atoms with Gasteiger partial charge in [-0.1, -0.05) is 47.2 Å². The number of nitrogens with one attached hydrogen (secondary N) is 1. The molecular formula is C27H27ClN4O3S. The first kappa shape index (κ1) is 24.4. The Morgan fingerprint density at radius 2 is 1.81 bits per heavy atom. The van der Waals surface area contributed by atoms with E-state index in [2.05, 4.69) is 15.1 Å². The van der Waals surface area contributed by atoms with Gasteiger partial charge >= 0.3 is 0 Å². The van der Waals surface area contributed by atoms with E-state index in [1.165, 1.54) is 0 Å². The maximum Gasteiger partial charge on any atom is 0.251 e. The molecule has 0 bridgehead atoms. The maximum absolute atomic E-state index is 12.7. The average Bonchev–Trinajstić information content (AvgIpc) is 3.34. The van der Waals surface area contributed by atoms with Crippen molar-refractivity contribution in [3.05, 3.63) is 77.3 Å². The molecule has 2 heterocycles. The molecule has 1 saturated heterocycles. The van der Waals surface area contributed by atoms with Crippen molar-refractivity contribution in [2.75, 3.05) is 51.3 Å². The third kappa shape index (κ3) is 5.56. The first-order chi connectivity index (χ1) is 17.6. The number of anilines is 1. The number of para-hydroxylation sites is 1. The number of methoxy groups -OCH3 is 1. The lowest BCUT2D eigenvalue weighted by molar-refractivity contribution is 0.0947. The molecule has 7 nitrogen and oxygen atoms in total. The van der Waals surface area contributed by atoms with Crippen LogP contribution in [0.25, 0.3) is 10.2 Å². The molecule has 0 atom stereocenters. The van der Waals surface area contributed by atoms with Gasteiger partial charge in [0.15, 0.2) is 10.9 Å². The molecule has 3 aromatic carbocycles. The highest BCUT2D eigenvalue weighted by atomic mass is 35.5. The Morgan fingerprint density at radius 3 is 2.58 bits per heavy atom. The van der Waals surface area contributed by atoms with Crippen LogP contribution in [0.1, 0.15) is 10.4 Å². The molecular weight excluding hydrogens is 496 g/mol. The molecule has 1 aliphatic rings. The number of hydrogen-bond donors (Lipinski definition) is 1. The summed E-state index contributed by atoms with van der Waals surface area (Å²) in [5.41, 5.74) is 1.40. The zero-order chi connectivity index (χ0) is 24.9. The lowest BCUT2D eigenvalue weighted by atomic mass is 10.2. The Hall–Kier alpha value is -3.33. The van der Waals surface area contributed by atoms with E-state index in [9.17, 15) is 4.79 Å². The molecule has 1 aliphatic heterocycles. The number of aromatic nitrogens is 1. The van der Waals surface area contributed by atoms with Crippen LogP contribution in [0.4, 0.5) is 5.13 Å². The van der Waals surface area contributed by atoms with Crippen molar-refractivity contribution in [2.45, 2.75) is 0 Å². The predicted molar refractivity (Wildman–Crippen MR) is 145 cm³/mol. The monoisotopic (exact) mass is 522 g/mol. The van der Waals surface area contributed by atoms with E-state index in [4.69, 9.17) is 26.1 Å². The van der Waals surface area contributed by atoms with E-state index < -0.39 is 0 Å². The van der Waals surface area contributed by atoms with Gasteiger partial charge in [-0.05, 0) is 42.5 Å². The van der Waals surface area contributed by atoms with Gasteiger partial charge in [0.25, 0.3) is 5.91 Å². The van der Waals surface area contributed by atoms with E-state index in [0.29, 0.717) is 28.6 Å². The van der Waals surface area contributed by atoms with Crippen LogP contribution in [0.5, 0.6) is 17.2 Å². The molecule has 1 amide bonds. The van der Waals surface area contributed by atoms with Crippen LogP contribution in [0.15, 0.2) is 66.7 Å². The molecule has 0 aliphatic carbocycles. The molecule has 0 spiro atoms. The fourth-order valence-electron chi connectivity index (χ4n) is 4.18. The molecule has 186 valence electrons. The third-order valence-electron chi connectivity index (χ3n) is 6.09. The standard InChI is InChI=1S/C27H27ClN4O3S/c1-34-25-22(28)10-11-23-24(25)30-27(36-23)32-16-14-31(15-17-32)13-12-29-26(33)19-6-5-9-21(18-19)35-20-7-3-2-4-8-20/h2-11,18H,12-17H2,1H3,(H,29,33). The molecule has 9 heteroatoms. The molecule has 36 heavy (non-hydrogen) atoms. The number of piperazine rings is 1. The van der Waals surface area contributed by atoms with Crippen LogP contribution in [0.2, 0.25) is 5.02 Å². The Balaban J connectivity index is 1.10. The first-order valence-electron chi connectivity index (χ1n) is 11.8. The summed E-state index contributed by atoms with van der Waals surface area (Å²) in [7, 11) is 1.62. The van der Waals surface area contributed by atoms with Crippen molar-refractivity contribution >= 4 is 44.2 Å². The van der Waals surface area contributed by atoms with Crippen molar-refractivity contribution < 1.29 is 14.3 Å². The van der Waals surface area contributed by atoms with Gasteiger partial charge in [0.2, 0.25) is 0 Å². The largest absolute Gasteiger partial charge is 0.493 e. The fourth-order valence-corrected chi connectivity index (χ4v) is 5.43. The van der Waals surface area contributed by atoms with Crippen LogP contribution < -0.4 is 19.7 Å². The first-order valence-corrected chi connectivity index (χ1v) is 13.0. The number of fused-ring (bicyclic) bond motifs is 1. The predicted octanol–water partition coefficient (Wildman–Crippen LogP) is 5.30. The average molecular weight is 523 g/mol. The van der Waals surface area contributed by atoms with Gasteiger partial charge in [0.1, 0.15) is 17.0 Å². The minimum absolute atomic E-state index is 0.103. The third-order valence-corrected chi connectivity index (χ3v) is 7.47. The van der Waals surface area contributed by atoms with E-state index >= 15 is 0 Å². The minimum Gasteiger partial charge on any atom is -0.493 e. The van der Waals surface area contributed by atoms with Crippen LogP contribution >= 0.6 is 22.9 Å². The van der Waals surface area contributed by atoms with Gasteiger partial charge in [0, 0.05) is 44.8 Å². The normalized spacial score (nSPS) is 14.1. The second-order valence-electron chi connectivity index (χ2n) is 8.45. The van der Waals surface area contributed by atoms with E-state index in [0.717, 1.165) is 53.8 Å². The van der Waals surface area contributed by atoms with Crippen LogP contribution in [-0.4, -0.2) is 62.2 Å². The molecule has 5 rings (SSSR count). The molecule has 1 N–H and O–H groups in total. The summed E-state index contributed by atoms with van der Waals surface area (Å²) in [6.45, 7) is 4.95. The highest BCUT2D eigenvalue weighted by Gasteiger charge is 2.21. The maximum atomic E-state index is 12.7. The Labute approximate surface area is 219 Å². The van der Waals surface area contributed by atoms with E-state index in [1.54, 1.807) is 30.6 Å². The number of amides is 1. The second kappa shape index (κ2) is 11.2. The van der Waals surface area contributed by atoms with E-state index in [-0.39, 0.29) is 5.91 Å². The summed E-state index contributed by atoms with van der Waals surface area (Å²) >= 11 is 7.91. The van der Waals surface area contributed by atoms with Crippen molar-refractivity contribution in [1.82, 2.24) is 15.2 Å². The number of benzene rings is 3. The summed E-state index contributed by atoms with van der Waals surface area (Å²) < 4.78 is 12.4. The molecule has 0 unspecified atom stereocenters. The topological polar surface area (TPSA) is 66.9 Å². The molecule has 0 radical (unpaired) electrons. The van der Waals surface area contributed by atoms with Gasteiger partial charge in [0.05, 0.1) is 16.8 Å². The van der Waals surface area contributed by atoms with Crippen molar-refractivity contribution in [3.8, 4) is 17.2 Å². The van der Waals surface area contributed by atoms with E-state index in [1.807, 2.05) is 54.6 Å². The van der Waals surface area contributed by atoms with Crippen molar-refractivity contribution in [3.63, 3.8) is 0 Å². The van der Waals surface area contributed by atoms with Crippen LogP contribution in [0.3, 0.4) is 0 Å². The van der Waals surface area contributed by atoms with Gasteiger partial charge in [-0.3, -0.25) is 9.69 Å². The fraction of sp³-hybridized carbons (Fsp3) is 0.259. The number of nitrogens with zero attached hydrogens (tertiary/aromatic N) is 3. The van der Waals surface area contributed by atoms with Crippen molar-refractivity contribution in [2.24, 2.45) is 0 Å². The molecule has 4 aromatic rings. The van der Waals surface area contributed by atoms with Gasteiger partial charge in [-0.15, -0.1) is 0 Å². The Morgan fingerprint density at radius 1 is 1.03 bits per heavy atom. The molecule has 0 saturated carbocycles. The van der Waals surface area contributed by atoms with Gasteiger partial charge in [-0.2, -0.15) is 0 Å². The number of hydrogen-bond acceptors (Lipinski definition) is 7. The summed E-state index contributed by atoms with van der Waals surface area (Å²) in [6, 6.07) is 20.6. The number of ether oxygens (including phenoxy) is 2. The zero-order valence-corrected chi connectivity index (χ0v) is 21.5. The zero-order valence-electron chi connectivity index (χ0n) is 19.9. The lowest BCUT2D eigenvalue weighted by Gasteiger charge is -2.34. The number of carbonyl (C=O) groups excluding carboxylic acids is 1. The Kier molecular flexibility index (Phi) is 7.55. The van der Waals surface area contributed by atoms with Crippen LogP contribution in [-0.2, 0) is 0 Å². The smallest absolute Gasteiger partial charge is 0.251 e. The number of carbonyl (C=O) groups is 1. The number of halogens is 1. The second-order valence-corrected chi connectivity index (χ2v) is 9.87. The lowest BCUT2D eigenvalue weighted by Crippen LogP contribution is -2.48. The molecule has 1 aromatic heterocycles. The highest BCUT2D eigenvalue weighted by Crippen LogP contribution is 2.38. The number of rotatable bonds is 8. The summed E-state index contributed by atoms with van der Waals surface area (Å²) in [5, 5.41) is 4.59. The van der Waals surface area contributed by atoms with Gasteiger partial charge in [-0.25, -0.2) is 4.98 Å². The highest BCUT2D eigenvalue weighted by molar-refractivity contribution is 7.22. The summed E-state index contributed by atoms with van der Waals surface area (Å²) in [4.78, 5) is 22.1.